The number of nitrogens with two attached hydrogens (primary N) is 1. The Morgan fingerprint density at radius 1 is 1.24 bits per heavy atom. The van der Waals surface area contributed by atoms with Gasteiger partial charge in [0.25, 0.3) is 0 Å². The quantitative estimate of drug-likeness (QED) is 0.351. The van der Waals surface area contributed by atoms with Crippen LogP contribution in [0, 0.1) is 12.8 Å². The molecule has 0 radical (unpaired) electrons. The molecule has 0 saturated carbocycles. The SMILES string of the molecule is COP(OCCCO)OCC1CC(C)C(n2ccc3c(N)ncnc32)O1.Cc1ccccn1. The van der Waals surface area contributed by atoms with Gasteiger partial charge in [0.2, 0.25) is 0 Å². The molecule has 0 amide bonds. The lowest BCUT2D eigenvalue weighted by Gasteiger charge is -2.19. The van der Waals surface area contributed by atoms with Crippen molar-refractivity contribution in [3.05, 3.63) is 48.7 Å². The third-order valence-electron chi connectivity index (χ3n) is 5.09. The number of hydrogen-bond donors (Lipinski definition) is 2. The molecule has 11 heteroatoms. The summed E-state index contributed by atoms with van der Waals surface area (Å²) in [5, 5.41) is 9.62. The maximum Gasteiger partial charge on any atom is 0.332 e. The molecule has 180 valence electrons. The second-order valence-corrected chi connectivity index (χ2v) is 8.99. The maximum atomic E-state index is 8.80. The number of aryl methyl sites for hydroxylation is 1. The predicted molar refractivity (Wildman–Crippen MR) is 126 cm³/mol. The van der Waals surface area contributed by atoms with Gasteiger partial charge in [0.05, 0.1) is 24.7 Å². The highest BCUT2D eigenvalue weighted by Crippen LogP contribution is 2.42. The topological polar surface area (TPSA) is 127 Å². The van der Waals surface area contributed by atoms with Crippen LogP contribution in [0.4, 0.5) is 5.82 Å². The summed E-state index contributed by atoms with van der Waals surface area (Å²) in [6, 6.07) is 7.76. The third kappa shape index (κ3) is 7.14. The van der Waals surface area contributed by atoms with Crippen molar-refractivity contribution in [1.82, 2.24) is 19.5 Å². The van der Waals surface area contributed by atoms with Crippen LogP contribution in [0.1, 0.15) is 31.7 Å². The Kier molecular flexibility index (Phi) is 9.93. The van der Waals surface area contributed by atoms with Crippen molar-refractivity contribution in [2.24, 2.45) is 5.92 Å². The van der Waals surface area contributed by atoms with Crippen LogP contribution in [-0.2, 0) is 18.3 Å². The summed E-state index contributed by atoms with van der Waals surface area (Å²) >= 11 is 0. The van der Waals surface area contributed by atoms with Crippen LogP contribution in [0.3, 0.4) is 0 Å². The highest BCUT2D eigenvalue weighted by atomic mass is 31.2. The van der Waals surface area contributed by atoms with E-state index in [0.29, 0.717) is 31.4 Å². The molecular weight excluding hydrogens is 445 g/mol. The maximum absolute atomic E-state index is 8.80. The molecule has 0 aliphatic carbocycles. The molecule has 33 heavy (non-hydrogen) atoms. The summed E-state index contributed by atoms with van der Waals surface area (Å²) < 4.78 is 24.5. The summed E-state index contributed by atoms with van der Waals surface area (Å²) in [5.41, 5.74) is 7.75. The first-order valence-corrected chi connectivity index (χ1v) is 11.9. The summed E-state index contributed by atoms with van der Waals surface area (Å²) in [6.45, 7) is 4.97. The molecular formula is C22H32N5O5P. The van der Waals surface area contributed by atoms with Crippen molar-refractivity contribution in [3.8, 4) is 0 Å². The molecule has 3 aromatic rings. The standard InChI is InChI=1S/C16H25N4O5P.C6H7N/c1-11-8-12(9-24-26(22-2)23-7-3-6-21)25-16(11)20-5-4-13-14(17)18-10-19-15(13)20;1-6-4-2-3-5-7-6/h4-5,10-12,16,21H,3,6-9H2,1-2H3,(H2,17,18,19);2-5H,1H3. The van der Waals surface area contributed by atoms with E-state index in [-0.39, 0.29) is 18.9 Å². The second-order valence-electron chi connectivity index (χ2n) is 7.66. The molecule has 1 fully saturated rings. The molecule has 4 rings (SSSR count). The number of anilines is 1. The van der Waals surface area contributed by atoms with Gasteiger partial charge in [0, 0.05) is 37.7 Å². The Balaban J connectivity index is 0.000000374. The first-order valence-electron chi connectivity index (χ1n) is 10.8. The van der Waals surface area contributed by atoms with Crippen LogP contribution < -0.4 is 5.73 Å². The Hall–Kier alpha value is -2.20. The van der Waals surface area contributed by atoms with Gasteiger partial charge in [0.15, 0.2) is 0 Å². The number of nitrogen functional groups attached to an aromatic ring is 1. The van der Waals surface area contributed by atoms with E-state index in [1.165, 1.54) is 6.33 Å². The van der Waals surface area contributed by atoms with E-state index in [1.807, 2.05) is 42.0 Å². The van der Waals surface area contributed by atoms with E-state index in [9.17, 15) is 0 Å². The molecule has 0 aromatic carbocycles. The summed E-state index contributed by atoms with van der Waals surface area (Å²) in [7, 11) is 0.116. The van der Waals surface area contributed by atoms with Crippen LogP contribution in [0.15, 0.2) is 43.0 Å². The van der Waals surface area contributed by atoms with Gasteiger partial charge < -0.3 is 33.7 Å². The largest absolute Gasteiger partial charge is 0.396 e. The molecule has 4 atom stereocenters. The van der Waals surface area contributed by atoms with E-state index in [1.54, 1.807) is 13.3 Å². The zero-order chi connectivity index (χ0) is 23.6. The third-order valence-corrected chi connectivity index (χ3v) is 6.15. The zero-order valence-electron chi connectivity index (χ0n) is 19.2. The fraction of sp³-hybridized carbons (Fsp3) is 0.500. The van der Waals surface area contributed by atoms with Crippen LogP contribution >= 0.6 is 8.60 Å². The van der Waals surface area contributed by atoms with Gasteiger partial charge in [-0.2, -0.15) is 0 Å². The van der Waals surface area contributed by atoms with Gasteiger partial charge in [-0.3, -0.25) is 4.98 Å². The molecule has 1 aliphatic rings. The van der Waals surface area contributed by atoms with Crippen molar-refractivity contribution >= 4 is 25.5 Å². The zero-order valence-corrected chi connectivity index (χ0v) is 20.1. The number of aliphatic hydroxyl groups is 1. The molecule has 1 saturated heterocycles. The first-order chi connectivity index (χ1) is 16.0. The van der Waals surface area contributed by atoms with E-state index in [0.717, 1.165) is 23.1 Å². The Bertz CT molecular complexity index is 976. The van der Waals surface area contributed by atoms with Crippen molar-refractivity contribution < 1.29 is 23.4 Å². The minimum Gasteiger partial charge on any atom is -0.396 e. The number of ether oxygens (including phenoxy) is 1. The molecule has 4 unspecified atom stereocenters. The van der Waals surface area contributed by atoms with Gasteiger partial charge in [-0.05, 0) is 38.0 Å². The fourth-order valence-electron chi connectivity index (χ4n) is 3.50. The fourth-order valence-corrected chi connectivity index (χ4v) is 4.35. The van der Waals surface area contributed by atoms with Gasteiger partial charge in [-0.25, -0.2) is 9.97 Å². The van der Waals surface area contributed by atoms with Crippen molar-refractivity contribution in [3.63, 3.8) is 0 Å². The first kappa shape index (κ1) is 25.4. The number of hydrogen-bond acceptors (Lipinski definition) is 9. The van der Waals surface area contributed by atoms with E-state index < -0.39 is 8.60 Å². The smallest absolute Gasteiger partial charge is 0.332 e. The Morgan fingerprint density at radius 3 is 2.76 bits per heavy atom. The summed E-state index contributed by atoms with van der Waals surface area (Å²) in [5.74, 6) is 0.754. The minimum absolute atomic E-state index is 0.0618. The lowest BCUT2D eigenvalue weighted by molar-refractivity contribution is -0.0278. The number of rotatable bonds is 9. The van der Waals surface area contributed by atoms with E-state index >= 15 is 0 Å². The second kappa shape index (κ2) is 12.9. The van der Waals surface area contributed by atoms with Crippen LogP contribution in [0.5, 0.6) is 0 Å². The highest BCUT2D eigenvalue weighted by Gasteiger charge is 2.35. The minimum atomic E-state index is -1.43. The van der Waals surface area contributed by atoms with Crippen LogP contribution in [-0.4, -0.2) is 57.7 Å². The lowest BCUT2D eigenvalue weighted by atomic mass is 10.1. The van der Waals surface area contributed by atoms with Gasteiger partial charge in [0.1, 0.15) is 24.0 Å². The van der Waals surface area contributed by atoms with Crippen LogP contribution in [0.25, 0.3) is 11.0 Å². The van der Waals surface area contributed by atoms with Crippen molar-refractivity contribution in [1.29, 1.82) is 0 Å². The molecule has 0 bridgehead atoms. The molecule has 0 spiro atoms. The number of fused-ring (bicyclic) bond motifs is 1. The van der Waals surface area contributed by atoms with Crippen molar-refractivity contribution in [2.45, 2.75) is 39.0 Å². The summed E-state index contributed by atoms with van der Waals surface area (Å²) in [6.07, 6.45) is 6.39. The number of aliphatic hydroxyl groups excluding tert-OH is 1. The average Bonchev–Trinajstić information content (AvgIpc) is 3.41. The van der Waals surface area contributed by atoms with E-state index in [4.69, 9.17) is 29.1 Å². The lowest BCUT2D eigenvalue weighted by Crippen LogP contribution is -2.16. The Labute approximate surface area is 195 Å². The molecule has 10 nitrogen and oxygen atoms in total. The summed E-state index contributed by atoms with van der Waals surface area (Å²) in [4.78, 5) is 12.3. The molecule has 1 aliphatic heterocycles. The molecule has 3 N–H and O–H groups in total. The van der Waals surface area contributed by atoms with Gasteiger partial charge in [-0.1, -0.05) is 13.0 Å². The number of pyridine rings is 1. The average molecular weight is 478 g/mol. The number of nitrogens with zero attached hydrogens (tertiary/aromatic N) is 4. The van der Waals surface area contributed by atoms with Crippen molar-refractivity contribution in [2.75, 3.05) is 32.7 Å². The monoisotopic (exact) mass is 477 g/mol. The van der Waals surface area contributed by atoms with Crippen LogP contribution in [0.2, 0.25) is 0 Å². The molecule has 3 aromatic heterocycles. The van der Waals surface area contributed by atoms with Gasteiger partial charge in [-0.15, -0.1) is 0 Å². The normalized spacial score (nSPS) is 21.0. The van der Waals surface area contributed by atoms with E-state index in [2.05, 4.69) is 21.9 Å². The Morgan fingerprint density at radius 2 is 2.09 bits per heavy atom. The van der Waals surface area contributed by atoms with Gasteiger partial charge >= 0.3 is 8.60 Å². The number of aromatic nitrogens is 4. The molecule has 4 heterocycles. The highest BCUT2D eigenvalue weighted by molar-refractivity contribution is 7.41. The predicted octanol–water partition coefficient (Wildman–Crippen LogP) is 3.62.